The second-order valence-electron chi connectivity index (χ2n) is 5.97. The zero-order valence-electron chi connectivity index (χ0n) is 14.0. The normalized spacial score (nSPS) is 17.3. The first-order chi connectivity index (χ1) is 11.5. The lowest BCUT2D eigenvalue weighted by atomic mass is 10.1. The summed E-state index contributed by atoms with van der Waals surface area (Å²) in [6.45, 7) is 3.97. The van der Waals surface area contributed by atoms with Gasteiger partial charge >= 0.3 is 0 Å². The van der Waals surface area contributed by atoms with Crippen molar-refractivity contribution in [3.8, 4) is 5.75 Å². The number of amides is 2. The molecule has 1 heterocycles. The minimum absolute atomic E-state index is 0.142. The van der Waals surface area contributed by atoms with Crippen LogP contribution in [0.5, 0.6) is 5.75 Å². The molecule has 1 N–H and O–H groups in total. The highest BCUT2D eigenvalue weighted by molar-refractivity contribution is 6.23. The number of imide groups is 1. The fraction of sp³-hybridized carbons (Fsp3) is 0.263. The van der Waals surface area contributed by atoms with Crippen LogP contribution >= 0.6 is 0 Å². The Balaban J connectivity index is 1.82. The molecule has 2 aromatic rings. The molecule has 1 aliphatic rings. The van der Waals surface area contributed by atoms with E-state index in [9.17, 15) is 9.59 Å². The minimum Gasteiger partial charge on any atom is -0.497 e. The number of anilines is 2. The molecule has 1 fully saturated rings. The van der Waals surface area contributed by atoms with Crippen LogP contribution in [0.2, 0.25) is 0 Å². The summed E-state index contributed by atoms with van der Waals surface area (Å²) >= 11 is 0. The molecule has 5 heteroatoms. The number of carbonyl (C=O) groups is 2. The van der Waals surface area contributed by atoms with E-state index < -0.39 is 6.04 Å². The van der Waals surface area contributed by atoms with Gasteiger partial charge in [-0.25, -0.2) is 4.90 Å². The van der Waals surface area contributed by atoms with E-state index in [0.717, 1.165) is 16.8 Å². The van der Waals surface area contributed by atoms with Crippen molar-refractivity contribution in [3.63, 3.8) is 0 Å². The monoisotopic (exact) mass is 324 g/mol. The lowest BCUT2D eigenvalue weighted by molar-refractivity contribution is -0.121. The average molecular weight is 324 g/mol. The van der Waals surface area contributed by atoms with Crippen molar-refractivity contribution in [1.82, 2.24) is 0 Å². The minimum atomic E-state index is -0.564. The van der Waals surface area contributed by atoms with Crippen LogP contribution in [-0.4, -0.2) is 25.0 Å². The maximum absolute atomic E-state index is 12.7. The third-order valence-corrected chi connectivity index (χ3v) is 4.31. The quantitative estimate of drug-likeness (QED) is 0.878. The summed E-state index contributed by atoms with van der Waals surface area (Å²) in [7, 11) is 1.59. The second kappa shape index (κ2) is 6.35. The average Bonchev–Trinajstić information content (AvgIpc) is 2.84. The van der Waals surface area contributed by atoms with Crippen molar-refractivity contribution in [2.45, 2.75) is 26.3 Å². The zero-order chi connectivity index (χ0) is 17.3. The Morgan fingerprint density at radius 1 is 1.08 bits per heavy atom. The molecule has 0 bridgehead atoms. The van der Waals surface area contributed by atoms with Crippen molar-refractivity contribution >= 4 is 23.2 Å². The Bertz CT molecular complexity index is 801. The molecular weight excluding hydrogens is 304 g/mol. The standard InChI is InChI=1S/C19H20N2O3/c1-12-7-8-15(9-13(12)2)21-18(22)11-17(19(21)23)20-14-5-4-6-16(10-14)24-3/h4-10,17,20H,11H2,1-3H3/t17-/m0/s1. The lowest BCUT2D eigenvalue weighted by Crippen LogP contribution is -2.34. The van der Waals surface area contributed by atoms with Crippen LogP contribution in [-0.2, 0) is 9.59 Å². The van der Waals surface area contributed by atoms with Gasteiger partial charge in [-0.3, -0.25) is 9.59 Å². The lowest BCUT2D eigenvalue weighted by Gasteiger charge is -2.17. The van der Waals surface area contributed by atoms with Crippen LogP contribution in [0.15, 0.2) is 42.5 Å². The van der Waals surface area contributed by atoms with Gasteiger partial charge in [-0.15, -0.1) is 0 Å². The van der Waals surface area contributed by atoms with Gasteiger partial charge in [0.15, 0.2) is 0 Å². The molecule has 2 amide bonds. The van der Waals surface area contributed by atoms with E-state index in [0.29, 0.717) is 11.4 Å². The van der Waals surface area contributed by atoms with E-state index in [4.69, 9.17) is 4.74 Å². The number of hydrogen-bond donors (Lipinski definition) is 1. The summed E-state index contributed by atoms with van der Waals surface area (Å²) in [6.07, 6.45) is 0.142. The van der Waals surface area contributed by atoms with Crippen LogP contribution in [0.1, 0.15) is 17.5 Å². The van der Waals surface area contributed by atoms with Gasteiger partial charge < -0.3 is 10.1 Å². The first kappa shape index (κ1) is 16.1. The molecule has 0 saturated carbocycles. The van der Waals surface area contributed by atoms with Crippen LogP contribution in [0.4, 0.5) is 11.4 Å². The van der Waals surface area contributed by atoms with Gasteiger partial charge in [0.2, 0.25) is 5.91 Å². The molecule has 5 nitrogen and oxygen atoms in total. The number of rotatable bonds is 4. The first-order valence-electron chi connectivity index (χ1n) is 7.84. The number of hydrogen-bond acceptors (Lipinski definition) is 4. The molecule has 0 radical (unpaired) electrons. The smallest absolute Gasteiger partial charge is 0.256 e. The van der Waals surface area contributed by atoms with Gasteiger partial charge in [0, 0.05) is 11.8 Å². The largest absolute Gasteiger partial charge is 0.497 e. The Morgan fingerprint density at radius 3 is 2.58 bits per heavy atom. The number of nitrogens with one attached hydrogen (secondary N) is 1. The van der Waals surface area contributed by atoms with Gasteiger partial charge in [-0.05, 0) is 49.2 Å². The van der Waals surface area contributed by atoms with E-state index in [1.54, 1.807) is 13.2 Å². The van der Waals surface area contributed by atoms with Gasteiger partial charge in [0.05, 0.1) is 19.2 Å². The molecule has 1 saturated heterocycles. The highest BCUT2D eigenvalue weighted by Gasteiger charge is 2.39. The Hall–Kier alpha value is -2.82. The molecule has 1 aliphatic heterocycles. The Labute approximate surface area is 141 Å². The van der Waals surface area contributed by atoms with Crippen LogP contribution in [0, 0.1) is 13.8 Å². The molecule has 2 aromatic carbocycles. The molecule has 0 aromatic heterocycles. The SMILES string of the molecule is COc1cccc(N[C@H]2CC(=O)N(c3ccc(C)c(C)c3)C2=O)c1. The first-order valence-corrected chi connectivity index (χ1v) is 7.84. The van der Waals surface area contributed by atoms with Gasteiger partial charge in [0.1, 0.15) is 11.8 Å². The van der Waals surface area contributed by atoms with E-state index in [2.05, 4.69) is 5.32 Å². The summed E-state index contributed by atoms with van der Waals surface area (Å²) in [4.78, 5) is 26.3. The summed E-state index contributed by atoms with van der Waals surface area (Å²) in [6, 6.07) is 12.4. The van der Waals surface area contributed by atoms with Gasteiger partial charge in [0.25, 0.3) is 5.91 Å². The number of nitrogens with zero attached hydrogens (tertiary/aromatic N) is 1. The molecule has 0 unspecified atom stereocenters. The topological polar surface area (TPSA) is 58.6 Å². The molecule has 0 spiro atoms. The highest BCUT2D eigenvalue weighted by atomic mass is 16.5. The second-order valence-corrected chi connectivity index (χ2v) is 5.97. The third kappa shape index (κ3) is 2.97. The molecule has 1 atom stereocenters. The molecular formula is C19H20N2O3. The summed E-state index contributed by atoms with van der Waals surface area (Å²) in [5.74, 6) is 0.275. The number of carbonyl (C=O) groups excluding carboxylic acids is 2. The number of methoxy groups -OCH3 is 1. The molecule has 3 rings (SSSR count). The van der Waals surface area contributed by atoms with Crippen LogP contribution < -0.4 is 15.0 Å². The summed E-state index contributed by atoms with van der Waals surface area (Å²) in [5.41, 5.74) is 3.56. The number of aryl methyl sites for hydroxylation is 2. The van der Waals surface area contributed by atoms with E-state index >= 15 is 0 Å². The van der Waals surface area contributed by atoms with Crippen molar-refractivity contribution < 1.29 is 14.3 Å². The zero-order valence-corrected chi connectivity index (χ0v) is 14.0. The Morgan fingerprint density at radius 2 is 1.88 bits per heavy atom. The fourth-order valence-corrected chi connectivity index (χ4v) is 2.79. The van der Waals surface area contributed by atoms with Crippen LogP contribution in [0.25, 0.3) is 0 Å². The molecule has 124 valence electrons. The van der Waals surface area contributed by atoms with Crippen molar-refractivity contribution in [1.29, 1.82) is 0 Å². The van der Waals surface area contributed by atoms with Crippen molar-refractivity contribution in [3.05, 3.63) is 53.6 Å². The maximum Gasteiger partial charge on any atom is 0.256 e. The van der Waals surface area contributed by atoms with Crippen molar-refractivity contribution in [2.24, 2.45) is 0 Å². The maximum atomic E-state index is 12.7. The summed E-state index contributed by atoms with van der Waals surface area (Å²) < 4.78 is 5.18. The van der Waals surface area contributed by atoms with Gasteiger partial charge in [-0.1, -0.05) is 12.1 Å². The molecule has 0 aliphatic carbocycles. The molecule has 24 heavy (non-hydrogen) atoms. The van der Waals surface area contributed by atoms with E-state index in [-0.39, 0.29) is 18.2 Å². The fourth-order valence-electron chi connectivity index (χ4n) is 2.79. The van der Waals surface area contributed by atoms with Crippen molar-refractivity contribution in [2.75, 3.05) is 17.3 Å². The predicted octanol–water partition coefficient (Wildman–Crippen LogP) is 3.06. The van der Waals surface area contributed by atoms with Crippen LogP contribution in [0.3, 0.4) is 0 Å². The van der Waals surface area contributed by atoms with E-state index in [1.165, 1.54) is 4.90 Å². The Kier molecular flexibility index (Phi) is 4.25. The summed E-state index contributed by atoms with van der Waals surface area (Å²) in [5, 5.41) is 3.13. The predicted molar refractivity (Wildman–Crippen MR) is 93.4 cm³/mol. The third-order valence-electron chi connectivity index (χ3n) is 4.31. The highest BCUT2D eigenvalue weighted by Crippen LogP contribution is 2.27. The number of benzene rings is 2. The van der Waals surface area contributed by atoms with E-state index in [1.807, 2.05) is 50.2 Å². The number of ether oxygens (including phenoxy) is 1. The van der Waals surface area contributed by atoms with Gasteiger partial charge in [-0.2, -0.15) is 0 Å².